The van der Waals surface area contributed by atoms with Gasteiger partial charge in [-0.1, -0.05) is 12.8 Å². The number of carbonyl (C=O) groups excluding carboxylic acids is 1. The third kappa shape index (κ3) is 10.5. The zero-order chi connectivity index (χ0) is 17.8. The molecule has 9 nitrogen and oxygen atoms in total. The fourth-order valence-corrected chi connectivity index (χ4v) is 2.12. The maximum atomic E-state index is 11.3. The summed E-state index contributed by atoms with van der Waals surface area (Å²) in [5.41, 5.74) is 0. The lowest BCUT2D eigenvalue weighted by molar-refractivity contribution is -0.149. The lowest BCUT2D eigenvalue weighted by Crippen LogP contribution is -2.46. The van der Waals surface area contributed by atoms with E-state index in [1.165, 1.54) is 0 Å². The van der Waals surface area contributed by atoms with Crippen LogP contribution in [0.2, 0.25) is 0 Å². The van der Waals surface area contributed by atoms with Crippen molar-refractivity contribution >= 4 is 36.4 Å². The fourth-order valence-electron chi connectivity index (χ4n) is 2.01. The summed E-state index contributed by atoms with van der Waals surface area (Å²) in [5.74, 6) is -3.92. The summed E-state index contributed by atoms with van der Waals surface area (Å²) in [6, 6.07) is -1.17. The van der Waals surface area contributed by atoms with Crippen LogP contribution >= 0.6 is 12.6 Å². The first kappa shape index (κ1) is 21.2. The van der Waals surface area contributed by atoms with Gasteiger partial charge in [0, 0.05) is 6.54 Å². The van der Waals surface area contributed by atoms with Gasteiger partial charge in [-0.15, -0.1) is 0 Å². The van der Waals surface area contributed by atoms with E-state index in [2.05, 4.69) is 17.9 Å². The van der Waals surface area contributed by atoms with Crippen molar-refractivity contribution in [2.45, 2.75) is 31.7 Å². The van der Waals surface area contributed by atoms with Gasteiger partial charge >= 0.3 is 17.9 Å². The van der Waals surface area contributed by atoms with Crippen LogP contribution in [0, 0.1) is 0 Å². The number of amides is 1. The van der Waals surface area contributed by atoms with E-state index in [9.17, 15) is 24.3 Å². The number of aliphatic carboxylic acids is 3. The third-order valence-electron chi connectivity index (χ3n) is 3.02. The highest BCUT2D eigenvalue weighted by Gasteiger charge is 2.28. The number of nitrogens with one attached hydrogen (secondary N) is 1. The van der Waals surface area contributed by atoms with Gasteiger partial charge in [0.15, 0.2) is 0 Å². The number of thiol groups is 1. The van der Waals surface area contributed by atoms with Crippen LogP contribution in [0.15, 0.2) is 0 Å². The van der Waals surface area contributed by atoms with Crippen LogP contribution in [0.5, 0.6) is 0 Å². The molecule has 10 heteroatoms. The Hall–Kier alpha value is -1.81. The second-order valence-electron chi connectivity index (χ2n) is 4.90. The Labute approximate surface area is 139 Å². The molecule has 132 valence electrons. The fraction of sp³-hybridized carbons (Fsp3) is 0.692. The van der Waals surface area contributed by atoms with Crippen LogP contribution in [-0.2, 0) is 19.2 Å². The van der Waals surface area contributed by atoms with Crippen molar-refractivity contribution in [1.82, 2.24) is 10.2 Å². The summed E-state index contributed by atoms with van der Waals surface area (Å²) in [6.07, 6.45) is 1.88. The molecule has 0 aliphatic rings. The van der Waals surface area contributed by atoms with Gasteiger partial charge in [0.2, 0.25) is 5.91 Å². The largest absolute Gasteiger partial charge is 0.480 e. The Kier molecular flexibility index (Phi) is 10.8. The topological polar surface area (TPSA) is 144 Å². The molecule has 1 unspecified atom stereocenters. The predicted molar refractivity (Wildman–Crippen MR) is 83.6 cm³/mol. The maximum Gasteiger partial charge on any atom is 0.320 e. The van der Waals surface area contributed by atoms with E-state index >= 15 is 0 Å². The summed E-state index contributed by atoms with van der Waals surface area (Å²) in [5, 5.41) is 29.3. The number of hydrogen-bond donors (Lipinski definition) is 5. The monoisotopic (exact) mass is 350 g/mol. The standard InChI is InChI=1S/C13H22N2O7S/c16-10(8-23)14-5-3-1-2-4-9(13(21)22)15(6-11(17)18)7-12(19)20/h9,23H,1-8H2,(H,14,16)(H,17,18)(H,19,20)(H,21,22). The normalized spacial score (nSPS) is 11.9. The number of carboxylic acid groups (broad SMARTS) is 3. The zero-order valence-corrected chi connectivity index (χ0v) is 13.5. The molecule has 0 saturated heterocycles. The van der Waals surface area contributed by atoms with Crippen molar-refractivity contribution in [2.24, 2.45) is 0 Å². The first-order valence-electron chi connectivity index (χ1n) is 7.06. The molecule has 0 rings (SSSR count). The average Bonchev–Trinajstić information content (AvgIpc) is 2.43. The molecular formula is C13H22N2O7S. The van der Waals surface area contributed by atoms with Crippen LogP contribution in [-0.4, -0.2) is 75.5 Å². The summed E-state index contributed by atoms with van der Waals surface area (Å²) in [7, 11) is 0. The molecule has 0 saturated carbocycles. The smallest absolute Gasteiger partial charge is 0.320 e. The van der Waals surface area contributed by atoms with Gasteiger partial charge in [0.1, 0.15) is 6.04 Å². The summed E-state index contributed by atoms with van der Waals surface area (Å²) < 4.78 is 0. The number of carboxylic acids is 3. The zero-order valence-electron chi connectivity index (χ0n) is 12.6. The van der Waals surface area contributed by atoms with E-state index in [-0.39, 0.29) is 18.1 Å². The van der Waals surface area contributed by atoms with Crippen LogP contribution in [0.4, 0.5) is 0 Å². The van der Waals surface area contributed by atoms with E-state index < -0.39 is 37.0 Å². The van der Waals surface area contributed by atoms with Gasteiger partial charge in [-0.2, -0.15) is 12.6 Å². The second kappa shape index (κ2) is 11.7. The predicted octanol–water partition coefficient (Wildman–Crippen LogP) is -0.483. The minimum absolute atomic E-state index is 0.0976. The molecule has 0 spiro atoms. The molecule has 0 aromatic carbocycles. The summed E-state index contributed by atoms with van der Waals surface area (Å²) in [6.45, 7) is -0.854. The molecule has 4 N–H and O–H groups in total. The van der Waals surface area contributed by atoms with Gasteiger partial charge in [-0.25, -0.2) is 0 Å². The van der Waals surface area contributed by atoms with E-state index in [4.69, 9.17) is 10.2 Å². The third-order valence-corrected chi connectivity index (χ3v) is 3.31. The molecule has 0 aromatic rings. The van der Waals surface area contributed by atoms with Crippen molar-refractivity contribution in [3.8, 4) is 0 Å². The highest BCUT2D eigenvalue weighted by atomic mass is 32.1. The number of hydrogen-bond acceptors (Lipinski definition) is 6. The van der Waals surface area contributed by atoms with Crippen LogP contribution < -0.4 is 5.32 Å². The van der Waals surface area contributed by atoms with Crippen molar-refractivity contribution in [3.63, 3.8) is 0 Å². The Morgan fingerprint density at radius 1 is 0.957 bits per heavy atom. The molecule has 1 atom stereocenters. The van der Waals surface area contributed by atoms with Gasteiger partial charge in [-0.3, -0.25) is 24.1 Å². The molecule has 0 heterocycles. The number of unbranched alkanes of at least 4 members (excludes halogenated alkanes) is 2. The Bertz CT molecular complexity index is 415. The van der Waals surface area contributed by atoms with E-state index in [0.717, 1.165) is 4.90 Å². The molecule has 0 aliphatic carbocycles. The molecule has 0 radical (unpaired) electrons. The molecule has 0 aromatic heterocycles. The van der Waals surface area contributed by atoms with Crippen LogP contribution in [0.25, 0.3) is 0 Å². The SMILES string of the molecule is O=C(O)CN(CC(=O)O)C(CCCCCNC(=O)CS)C(=O)O. The maximum absolute atomic E-state index is 11.3. The highest BCUT2D eigenvalue weighted by molar-refractivity contribution is 7.81. The quantitative estimate of drug-likeness (QED) is 0.221. The number of nitrogens with zero attached hydrogens (tertiary/aromatic N) is 1. The number of rotatable bonds is 13. The van der Waals surface area contributed by atoms with E-state index in [1.807, 2.05) is 0 Å². The van der Waals surface area contributed by atoms with Gasteiger partial charge < -0.3 is 20.6 Å². The average molecular weight is 350 g/mol. The Morgan fingerprint density at radius 2 is 1.52 bits per heavy atom. The highest BCUT2D eigenvalue weighted by Crippen LogP contribution is 2.11. The van der Waals surface area contributed by atoms with Crippen LogP contribution in [0.3, 0.4) is 0 Å². The Morgan fingerprint density at radius 3 is 1.96 bits per heavy atom. The molecule has 1 amide bonds. The Balaban J connectivity index is 4.36. The summed E-state index contributed by atoms with van der Waals surface area (Å²) in [4.78, 5) is 44.6. The first-order valence-corrected chi connectivity index (χ1v) is 7.69. The van der Waals surface area contributed by atoms with Crippen molar-refractivity contribution < 1.29 is 34.5 Å². The molecule has 0 fully saturated rings. The molecule has 0 bridgehead atoms. The van der Waals surface area contributed by atoms with E-state index in [0.29, 0.717) is 25.8 Å². The molecule has 23 heavy (non-hydrogen) atoms. The minimum Gasteiger partial charge on any atom is -0.480 e. The van der Waals surface area contributed by atoms with E-state index in [1.54, 1.807) is 0 Å². The van der Waals surface area contributed by atoms with Crippen molar-refractivity contribution in [1.29, 1.82) is 0 Å². The van der Waals surface area contributed by atoms with Crippen molar-refractivity contribution in [3.05, 3.63) is 0 Å². The van der Waals surface area contributed by atoms with Gasteiger partial charge in [0.25, 0.3) is 0 Å². The molecular weight excluding hydrogens is 328 g/mol. The van der Waals surface area contributed by atoms with Crippen molar-refractivity contribution in [2.75, 3.05) is 25.4 Å². The minimum atomic E-state index is -1.29. The molecule has 0 aliphatic heterocycles. The van der Waals surface area contributed by atoms with Crippen LogP contribution in [0.1, 0.15) is 25.7 Å². The lowest BCUT2D eigenvalue weighted by atomic mass is 10.1. The second-order valence-corrected chi connectivity index (χ2v) is 5.22. The van der Waals surface area contributed by atoms with Gasteiger partial charge in [-0.05, 0) is 12.8 Å². The number of carbonyl (C=O) groups is 4. The van der Waals surface area contributed by atoms with Gasteiger partial charge in [0.05, 0.1) is 18.8 Å². The summed E-state index contributed by atoms with van der Waals surface area (Å²) >= 11 is 3.81. The lowest BCUT2D eigenvalue weighted by Gasteiger charge is -2.25. The first-order chi connectivity index (χ1) is 10.8.